The third-order valence-corrected chi connectivity index (χ3v) is 2.32. The van der Waals surface area contributed by atoms with Gasteiger partial charge in [-0.15, -0.1) is 0 Å². The summed E-state index contributed by atoms with van der Waals surface area (Å²) in [4.78, 5) is 10.6. The molecule has 0 atom stereocenters. The molecule has 4 heteroatoms. The second-order valence-corrected chi connectivity index (χ2v) is 4.07. The molecule has 0 aliphatic heterocycles. The Morgan fingerprint density at radius 2 is 1.89 bits per heavy atom. The van der Waals surface area contributed by atoms with E-state index in [4.69, 9.17) is 14.6 Å². The molecule has 0 aliphatic rings. The van der Waals surface area contributed by atoms with Crippen LogP contribution in [0.25, 0.3) is 6.08 Å². The van der Waals surface area contributed by atoms with Crippen molar-refractivity contribution in [3.8, 4) is 11.5 Å². The molecule has 1 rings (SSSR count). The standard InChI is InChI=1S/C15H20O4/c1-3-9-18-13-6-7-14(19-10-4-2)12(11-13)5-8-15(16)17/h5-8,11H,3-4,9-10H2,1-2H3,(H,16,17). The van der Waals surface area contributed by atoms with Crippen LogP contribution in [0.1, 0.15) is 32.3 Å². The van der Waals surface area contributed by atoms with Crippen molar-refractivity contribution in [1.82, 2.24) is 0 Å². The lowest BCUT2D eigenvalue weighted by atomic mass is 10.1. The molecular formula is C15H20O4. The van der Waals surface area contributed by atoms with Gasteiger partial charge >= 0.3 is 5.97 Å². The number of benzene rings is 1. The zero-order valence-electron chi connectivity index (χ0n) is 11.4. The first-order valence-electron chi connectivity index (χ1n) is 6.48. The molecule has 1 aromatic carbocycles. The molecular weight excluding hydrogens is 244 g/mol. The number of carboxylic acid groups (broad SMARTS) is 1. The van der Waals surface area contributed by atoms with Crippen LogP contribution in [-0.4, -0.2) is 24.3 Å². The Kier molecular flexibility index (Phi) is 6.50. The number of aliphatic carboxylic acids is 1. The molecule has 104 valence electrons. The molecule has 0 aromatic heterocycles. The largest absolute Gasteiger partial charge is 0.494 e. The molecule has 0 aliphatic carbocycles. The smallest absolute Gasteiger partial charge is 0.328 e. The Morgan fingerprint density at radius 3 is 2.53 bits per heavy atom. The lowest BCUT2D eigenvalue weighted by Crippen LogP contribution is -1.99. The minimum absolute atomic E-state index is 0.600. The predicted octanol–water partition coefficient (Wildman–Crippen LogP) is 3.36. The van der Waals surface area contributed by atoms with Gasteiger partial charge in [0, 0.05) is 11.6 Å². The Labute approximate surface area is 113 Å². The van der Waals surface area contributed by atoms with Crippen molar-refractivity contribution >= 4 is 12.0 Å². The van der Waals surface area contributed by atoms with E-state index >= 15 is 0 Å². The second-order valence-electron chi connectivity index (χ2n) is 4.07. The molecule has 0 saturated carbocycles. The molecule has 0 amide bonds. The van der Waals surface area contributed by atoms with Gasteiger partial charge < -0.3 is 14.6 Å². The molecule has 1 aromatic rings. The Hall–Kier alpha value is -1.97. The van der Waals surface area contributed by atoms with Crippen molar-refractivity contribution in [3.63, 3.8) is 0 Å². The number of hydrogen-bond donors (Lipinski definition) is 1. The SMILES string of the molecule is CCCOc1ccc(OCCC)c(C=CC(=O)O)c1. The Morgan fingerprint density at radius 1 is 1.21 bits per heavy atom. The summed E-state index contributed by atoms with van der Waals surface area (Å²) in [5.74, 6) is 0.403. The molecule has 0 heterocycles. The van der Waals surface area contributed by atoms with Gasteiger partial charge in [0.1, 0.15) is 11.5 Å². The van der Waals surface area contributed by atoms with Gasteiger partial charge in [0.2, 0.25) is 0 Å². The molecule has 0 spiro atoms. The molecule has 0 saturated heterocycles. The maximum atomic E-state index is 10.6. The van der Waals surface area contributed by atoms with Crippen molar-refractivity contribution in [2.45, 2.75) is 26.7 Å². The highest BCUT2D eigenvalue weighted by atomic mass is 16.5. The molecule has 0 fully saturated rings. The minimum atomic E-state index is -0.985. The summed E-state index contributed by atoms with van der Waals surface area (Å²) in [7, 11) is 0. The van der Waals surface area contributed by atoms with Gasteiger partial charge in [-0.05, 0) is 37.1 Å². The van der Waals surface area contributed by atoms with Crippen LogP contribution in [0.15, 0.2) is 24.3 Å². The lowest BCUT2D eigenvalue weighted by Gasteiger charge is -2.11. The fraction of sp³-hybridized carbons (Fsp3) is 0.400. The van der Waals surface area contributed by atoms with Crippen LogP contribution in [-0.2, 0) is 4.79 Å². The van der Waals surface area contributed by atoms with Crippen LogP contribution in [0.3, 0.4) is 0 Å². The maximum Gasteiger partial charge on any atom is 0.328 e. The molecule has 0 radical (unpaired) electrons. The van der Waals surface area contributed by atoms with Gasteiger partial charge in [-0.1, -0.05) is 13.8 Å². The Balaban J connectivity index is 2.92. The van der Waals surface area contributed by atoms with Crippen LogP contribution in [0.4, 0.5) is 0 Å². The maximum absolute atomic E-state index is 10.6. The van der Waals surface area contributed by atoms with Gasteiger partial charge in [-0.25, -0.2) is 4.79 Å². The van der Waals surface area contributed by atoms with E-state index in [0.717, 1.165) is 24.7 Å². The van der Waals surface area contributed by atoms with E-state index in [1.54, 1.807) is 6.07 Å². The van der Waals surface area contributed by atoms with E-state index in [1.165, 1.54) is 6.08 Å². The van der Waals surface area contributed by atoms with Crippen LogP contribution in [0, 0.1) is 0 Å². The van der Waals surface area contributed by atoms with Crippen LogP contribution in [0.5, 0.6) is 11.5 Å². The highest BCUT2D eigenvalue weighted by Gasteiger charge is 2.04. The van der Waals surface area contributed by atoms with Crippen LogP contribution >= 0.6 is 0 Å². The van der Waals surface area contributed by atoms with Crippen molar-refractivity contribution < 1.29 is 19.4 Å². The third kappa shape index (κ3) is 5.46. The van der Waals surface area contributed by atoms with Gasteiger partial charge in [0.15, 0.2) is 0 Å². The fourth-order valence-electron chi connectivity index (χ4n) is 1.47. The zero-order valence-corrected chi connectivity index (χ0v) is 11.4. The molecule has 1 N–H and O–H groups in total. The van der Waals surface area contributed by atoms with E-state index in [-0.39, 0.29) is 0 Å². The summed E-state index contributed by atoms with van der Waals surface area (Å²) < 4.78 is 11.1. The summed E-state index contributed by atoms with van der Waals surface area (Å²) in [6.45, 7) is 5.29. The van der Waals surface area contributed by atoms with E-state index in [2.05, 4.69) is 0 Å². The molecule has 0 bridgehead atoms. The lowest BCUT2D eigenvalue weighted by molar-refractivity contribution is -0.131. The van der Waals surface area contributed by atoms with Gasteiger partial charge in [0.05, 0.1) is 13.2 Å². The highest BCUT2D eigenvalue weighted by Crippen LogP contribution is 2.26. The van der Waals surface area contributed by atoms with Gasteiger partial charge in [-0.3, -0.25) is 0 Å². The average molecular weight is 264 g/mol. The van der Waals surface area contributed by atoms with Crippen molar-refractivity contribution in [2.75, 3.05) is 13.2 Å². The number of hydrogen-bond acceptors (Lipinski definition) is 3. The van der Waals surface area contributed by atoms with E-state index in [0.29, 0.717) is 24.5 Å². The molecule has 0 unspecified atom stereocenters. The second kappa shape index (κ2) is 8.19. The average Bonchev–Trinajstić information content (AvgIpc) is 2.41. The normalized spacial score (nSPS) is 10.6. The quantitative estimate of drug-likeness (QED) is 0.731. The topological polar surface area (TPSA) is 55.8 Å². The number of carboxylic acids is 1. The summed E-state index contributed by atoms with van der Waals surface area (Å²) in [5, 5.41) is 8.69. The first kappa shape index (κ1) is 15.1. The van der Waals surface area contributed by atoms with E-state index < -0.39 is 5.97 Å². The van der Waals surface area contributed by atoms with Crippen molar-refractivity contribution in [1.29, 1.82) is 0 Å². The molecule has 4 nitrogen and oxygen atoms in total. The Bertz CT molecular complexity index is 438. The van der Waals surface area contributed by atoms with E-state index in [9.17, 15) is 4.79 Å². The summed E-state index contributed by atoms with van der Waals surface area (Å²) in [5.41, 5.74) is 0.712. The van der Waals surface area contributed by atoms with Crippen molar-refractivity contribution in [2.24, 2.45) is 0 Å². The first-order valence-corrected chi connectivity index (χ1v) is 6.48. The summed E-state index contributed by atoms with van der Waals surface area (Å²) in [6, 6.07) is 5.43. The number of ether oxygens (including phenoxy) is 2. The van der Waals surface area contributed by atoms with Gasteiger partial charge in [0.25, 0.3) is 0 Å². The number of carbonyl (C=O) groups is 1. The predicted molar refractivity (Wildman–Crippen MR) is 74.7 cm³/mol. The summed E-state index contributed by atoms with van der Waals surface area (Å²) >= 11 is 0. The molecule has 19 heavy (non-hydrogen) atoms. The first-order chi connectivity index (χ1) is 9.17. The van der Waals surface area contributed by atoms with Crippen LogP contribution < -0.4 is 9.47 Å². The van der Waals surface area contributed by atoms with Crippen LogP contribution in [0.2, 0.25) is 0 Å². The monoisotopic (exact) mass is 264 g/mol. The third-order valence-electron chi connectivity index (χ3n) is 2.32. The summed E-state index contributed by atoms with van der Waals surface area (Å²) in [6.07, 6.45) is 4.44. The minimum Gasteiger partial charge on any atom is -0.494 e. The number of rotatable bonds is 8. The van der Waals surface area contributed by atoms with Gasteiger partial charge in [-0.2, -0.15) is 0 Å². The van der Waals surface area contributed by atoms with E-state index in [1.807, 2.05) is 26.0 Å². The van der Waals surface area contributed by atoms with Crippen molar-refractivity contribution in [3.05, 3.63) is 29.8 Å². The highest BCUT2D eigenvalue weighted by molar-refractivity contribution is 5.86. The zero-order chi connectivity index (χ0) is 14.1. The fourth-order valence-corrected chi connectivity index (χ4v) is 1.47.